The van der Waals surface area contributed by atoms with Gasteiger partial charge in [0.2, 0.25) is 0 Å². The number of aromatic amines is 1. The van der Waals surface area contributed by atoms with Crippen LogP contribution >= 0.6 is 0 Å². The molecule has 2 fully saturated rings. The van der Waals surface area contributed by atoms with Gasteiger partial charge in [-0.15, -0.1) is 0 Å². The second kappa shape index (κ2) is 11.5. The van der Waals surface area contributed by atoms with Crippen molar-refractivity contribution in [2.24, 2.45) is 5.92 Å². The topological polar surface area (TPSA) is 89.5 Å². The molecule has 3 unspecified atom stereocenters. The molecular formula is C39H40N6O2. The zero-order valence-electron chi connectivity index (χ0n) is 26.4. The molecule has 8 nitrogen and oxygen atoms in total. The molecule has 5 atom stereocenters. The first kappa shape index (κ1) is 28.6. The van der Waals surface area contributed by atoms with Gasteiger partial charge in [0.05, 0.1) is 22.4 Å². The molecular weight excluding hydrogens is 584 g/mol. The highest BCUT2D eigenvalue weighted by atomic mass is 16.5. The highest BCUT2D eigenvalue weighted by molar-refractivity contribution is 5.78. The Hall–Kier alpha value is -4.66. The number of ether oxygens (including phenoxy) is 1. The maximum atomic E-state index is 11.5. The minimum absolute atomic E-state index is 0.00481. The van der Waals surface area contributed by atoms with Gasteiger partial charge in [0, 0.05) is 43.0 Å². The number of rotatable bonds is 8. The number of imidazole rings is 1. The summed E-state index contributed by atoms with van der Waals surface area (Å²) in [4.78, 5) is 17.4. The van der Waals surface area contributed by atoms with Gasteiger partial charge in [0.1, 0.15) is 24.3 Å². The number of aromatic nitrogens is 3. The van der Waals surface area contributed by atoms with E-state index in [9.17, 15) is 5.11 Å². The summed E-state index contributed by atoms with van der Waals surface area (Å²) in [5, 5.41) is 16.4. The summed E-state index contributed by atoms with van der Waals surface area (Å²) in [6.45, 7) is 3.33. The van der Waals surface area contributed by atoms with Crippen LogP contribution in [0.5, 0.6) is 5.75 Å². The molecule has 0 aliphatic carbocycles. The molecule has 2 aromatic heterocycles. The van der Waals surface area contributed by atoms with E-state index in [0.29, 0.717) is 24.3 Å². The van der Waals surface area contributed by atoms with E-state index in [2.05, 4.69) is 91.9 Å². The fraction of sp³-hybridized carbons (Fsp3) is 0.333. The first-order valence-electron chi connectivity index (χ1n) is 17.0. The molecule has 0 bridgehead atoms. The third-order valence-corrected chi connectivity index (χ3v) is 11.1. The van der Waals surface area contributed by atoms with Crippen LogP contribution in [-0.4, -0.2) is 61.2 Å². The number of hydrogen-bond acceptors (Lipinski definition) is 7. The van der Waals surface area contributed by atoms with Crippen LogP contribution in [-0.2, 0) is 19.4 Å². The number of aliphatic hydroxyl groups is 1. The average Bonchev–Trinajstić information content (AvgIpc) is 3.74. The standard InChI is InChI=1S/C39H40N6O2/c46-36(37-41-20-21-42-37)34-24-45-38-35(32-7-3-1-5-27(32)17-22-44(34)38)39(45)18-19-40-23-29(39)13-9-26-10-15-31(16-11-26)47-25-30-14-12-28-6-2-4-8-33(28)43-30/h1-8,10-12,14-16,20-21,24,29,35-36,38,40,46H,9,13,17-19,22-23,25H2,(H,41,42)/t29?,35-,36?,38+,39?/m0/s1. The molecule has 3 N–H and O–H groups in total. The van der Waals surface area contributed by atoms with E-state index in [-0.39, 0.29) is 11.7 Å². The Morgan fingerprint density at radius 1 is 1.00 bits per heavy atom. The van der Waals surface area contributed by atoms with E-state index in [1.165, 1.54) is 16.7 Å². The van der Waals surface area contributed by atoms with E-state index < -0.39 is 6.10 Å². The predicted molar refractivity (Wildman–Crippen MR) is 181 cm³/mol. The molecule has 47 heavy (non-hydrogen) atoms. The number of pyridine rings is 1. The number of piperidine rings is 1. The van der Waals surface area contributed by atoms with Crippen LogP contribution in [0.15, 0.2) is 109 Å². The largest absolute Gasteiger partial charge is 0.487 e. The Labute approximate surface area is 275 Å². The summed E-state index contributed by atoms with van der Waals surface area (Å²) in [7, 11) is 0. The lowest BCUT2D eigenvalue weighted by atomic mass is 9.57. The van der Waals surface area contributed by atoms with E-state index in [1.807, 2.05) is 24.3 Å². The molecule has 0 amide bonds. The van der Waals surface area contributed by atoms with Gasteiger partial charge in [-0.25, -0.2) is 9.97 Å². The van der Waals surface area contributed by atoms with Crippen LogP contribution in [0, 0.1) is 5.92 Å². The maximum absolute atomic E-state index is 11.5. The molecule has 1 spiro atoms. The van der Waals surface area contributed by atoms with Crippen molar-refractivity contribution in [1.82, 2.24) is 30.1 Å². The molecule has 3 aromatic carbocycles. The molecule has 238 valence electrons. The SMILES string of the molecule is OC(C1=CN2[C@@H]3[C@H](c4ccccc4CCN13)C21CCNCC1CCc1ccc(OCc2ccc3ccccc3n2)cc1)c1ncc[nH]1. The van der Waals surface area contributed by atoms with Gasteiger partial charge in [-0.3, -0.25) is 0 Å². The number of aryl methyl sites for hydroxylation is 1. The summed E-state index contributed by atoms with van der Waals surface area (Å²) in [6, 6.07) is 30.0. The summed E-state index contributed by atoms with van der Waals surface area (Å²) in [5.74, 6) is 2.30. The Morgan fingerprint density at radius 3 is 2.77 bits per heavy atom. The first-order valence-corrected chi connectivity index (χ1v) is 17.0. The van der Waals surface area contributed by atoms with Gasteiger partial charge >= 0.3 is 0 Å². The fourth-order valence-electron chi connectivity index (χ4n) is 8.92. The van der Waals surface area contributed by atoms with Crippen LogP contribution < -0.4 is 10.1 Å². The van der Waals surface area contributed by atoms with E-state index in [4.69, 9.17) is 9.72 Å². The Kier molecular flexibility index (Phi) is 7.01. The van der Waals surface area contributed by atoms with E-state index in [0.717, 1.165) is 73.4 Å². The summed E-state index contributed by atoms with van der Waals surface area (Å²) in [6.07, 6.45) is 9.38. The number of fused-ring (bicyclic) bond motifs is 5. The summed E-state index contributed by atoms with van der Waals surface area (Å²) >= 11 is 0. The molecule has 6 heterocycles. The first-order chi connectivity index (χ1) is 23.2. The van der Waals surface area contributed by atoms with E-state index >= 15 is 0 Å². The molecule has 4 aliphatic heterocycles. The van der Waals surface area contributed by atoms with Gasteiger partial charge < -0.3 is 29.9 Å². The molecule has 8 heteroatoms. The van der Waals surface area contributed by atoms with Crippen molar-refractivity contribution in [3.05, 3.63) is 137 Å². The fourth-order valence-corrected chi connectivity index (χ4v) is 8.92. The van der Waals surface area contributed by atoms with Crippen molar-refractivity contribution < 1.29 is 9.84 Å². The van der Waals surface area contributed by atoms with Crippen molar-refractivity contribution in [2.45, 2.75) is 56.0 Å². The van der Waals surface area contributed by atoms with Crippen LogP contribution in [0.25, 0.3) is 10.9 Å². The van der Waals surface area contributed by atoms with Crippen LogP contribution in [0.3, 0.4) is 0 Å². The van der Waals surface area contributed by atoms with Crippen LogP contribution in [0.4, 0.5) is 0 Å². The number of nitrogens with one attached hydrogen (secondary N) is 2. The second-order valence-electron chi connectivity index (χ2n) is 13.5. The number of hydrogen-bond donors (Lipinski definition) is 3. The normalized spacial score (nSPS) is 25.1. The predicted octanol–water partition coefficient (Wildman–Crippen LogP) is 5.69. The molecule has 0 radical (unpaired) electrons. The van der Waals surface area contributed by atoms with Gasteiger partial charge in [-0.2, -0.15) is 0 Å². The highest BCUT2D eigenvalue weighted by Gasteiger charge is 2.68. The van der Waals surface area contributed by atoms with E-state index in [1.54, 1.807) is 12.4 Å². The molecule has 9 rings (SSSR count). The third kappa shape index (κ3) is 4.73. The molecule has 2 saturated heterocycles. The lowest BCUT2D eigenvalue weighted by molar-refractivity contribution is -0.150. The quantitative estimate of drug-likeness (QED) is 0.204. The average molecular weight is 625 g/mol. The minimum atomic E-state index is -0.771. The number of para-hydroxylation sites is 1. The molecule has 4 aliphatic rings. The van der Waals surface area contributed by atoms with Gasteiger partial charge in [0.25, 0.3) is 0 Å². The van der Waals surface area contributed by atoms with Crippen molar-refractivity contribution in [3.63, 3.8) is 0 Å². The number of benzene rings is 3. The Morgan fingerprint density at radius 2 is 1.87 bits per heavy atom. The Balaban J connectivity index is 0.949. The number of H-pyrrole nitrogens is 1. The summed E-state index contributed by atoms with van der Waals surface area (Å²) in [5.41, 5.74) is 7.15. The number of nitrogens with zero attached hydrogens (tertiary/aromatic N) is 4. The van der Waals surface area contributed by atoms with Gasteiger partial charge in [-0.05, 0) is 79.1 Å². The van der Waals surface area contributed by atoms with Crippen molar-refractivity contribution in [2.75, 3.05) is 19.6 Å². The van der Waals surface area contributed by atoms with Crippen molar-refractivity contribution in [3.8, 4) is 5.75 Å². The third-order valence-electron chi connectivity index (χ3n) is 11.1. The monoisotopic (exact) mass is 624 g/mol. The minimum Gasteiger partial charge on any atom is -0.487 e. The summed E-state index contributed by atoms with van der Waals surface area (Å²) < 4.78 is 6.13. The smallest absolute Gasteiger partial charge is 0.152 e. The van der Waals surface area contributed by atoms with Crippen molar-refractivity contribution >= 4 is 10.9 Å². The Bertz CT molecular complexity index is 1920. The van der Waals surface area contributed by atoms with Crippen molar-refractivity contribution in [1.29, 1.82) is 0 Å². The molecule has 0 saturated carbocycles. The second-order valence-corrected chi connectivity index (χ2v) is 13.5. The lowest BCUT2D eigenvalue weighted by Crippen LogP contribution is -2.76. The zero-order chi connectivity index (χ0) is 31.4. The maximum Gasteiger partial charge on any atom is 0.152 e. The van der Waals surface area contributed by atoms with Gasteiger partial charge in [-0.1, -0.05) is 60.7 Å². The van der Waals surface area contributed by atoms with Crippen LogP contribution in [0.2, 0.25) is 0 Å². The number of aliphatic hydroxyl groups excluding tert-OH is 1. The van der Waals surface area contributed by atoms with Gasteiger partial charge in [0.15, 0.2) is 6.10 Å². The highest BCUT2D eigenvalue weighted by Crippen LogP contribution is 2.62. The van der Waals surface area contributed by atoms with Crippen LogP contribution in [0.1, 0.15) is 53.1 Å². The lowest BCUT2D eigenvalue weighted by Gasteiger charge is -2.68. The zero-order valence-corrected chi connectivity index (χ0v) is 26.4. The molecule has 5 aromatic rings.